The van der Waals surface area contributed by atoms with Gasteiger partial charge in [0.2, 0.25) is 11.8 Å². The highest BCUT2D eigenvalue weighted by molar-refractivity contribution is 6.30. The standard InChI is InChI=1S/C23H29ClN6O4/c1-2-34-22(31)16-7-11-28(12-8-16)19-9-13-29(14-10-19)21-20(30(32)33)15-25-23(27-21)26-18-5-3-17(24)4-6-18/h3-6,15-16,19H,2,7-14H2,1H3,(H,25,26,27). The van der Waals surface area contributed by atoms with Gasteiger partial charge in [-0.25, -0.2) is 4.98 Å². The number of esters is 1. The predicted molar refractivity (Wildman–Crippen MR) is 130 cm³/mol. The molecule has 2 aromatic rings. The minimum absolute atomic E-state index is 0.00785. The van der Waals surface area contributed by atoms with Gasteiger partial charge in [0.1, 0.15) is 6.20 Å². The Labute approximate surface area is 203 Å². The van der Waals surface area contributed by atoms with Crippen LogP contribution in [0, 0.1) is 16.0 Å². The average molecular weight is 489 g/mol. The first-order valence-electron chi connectivity index (χ1n) is 11.6. The molecular formula is C23H29ClN6O4. The highest BCUT2D eigenvalue weighted by Crippen LogP contribution is 2.31. The fourth-order valence-corrected chi connectivity index (χ4v) is 4.78. The van der Waals surface area contributed by atoms with Crippen LogP contribution in [0.1, 0.15) is 32.6 Å². The molecule has 11 heteroatoms. The van der Waals surface area contributed by atoms with Crippen LogP contribution in [0.2, 0.25) is 5.02 Å². The highest BCUT2D eigenvalue weighted by atomic mass is 35.5. The number of carbonyl (C=O) groups is 1. The van der Waals surface area contributed by atoms with Gasteiger partial charge in [-0.1, -0.05) is 11.6 Å². The zero-order valence-electron chi connectivity index (χ0n) is 19.2. The molecule has 0 aliphatic carbocycles. The Balaban J connectivity index is 1.38. The van der Waals surface area contributed by atoms with E-state index in [1.165, 1.54) is 6.20 Å². The number of piperidine rings is 2. The number of likely N-dealkylation sites (tertiary alicyclic amines) is 1. The highest BCUT2D eigenvalue weighted by Gasteiger charge is 2.33. The minimum Gasteiger partial charge on any atom is -0.466 e. The second-order valence-electron chi connectivity index (χ2n) is 8.57. The van der Waals surface area contributed by atoms with E-state index in [-0.39, 0.29) is 17.6 Å². The van der Waals surface area contributed by atoms with Crippen molar-refractivity contribution in [2.24, 2.45) is 5.92 Å². The van der Waals surface area contributed by atoms with E-state index in [0.29, 0.717) is 42.5 Å². The van der Waals surface area contributed by atoms with E-state index < -0.39 is 4.92 Å². The molecule has 0 saturated carbocycles. The van der Waals surface area contributed by atoms with Crippen molar-refractivity contribution in [3.8, 4) is 0 Å². The Bertz CT molecular complexity index is 1010. The van der Waals surface area contributed by atoms with Gasteiger partial charge in [0, 0.05) is 29.8 Å². The van der Waals surface area contributed by atoms with Crippen molar-refractivity contribution in [1.29, 1.82) is 0 Å². The molecule has 0 amide bonds. The lowest BCUT2D eigenvalue weighted by molar-refractivity contribution is -0.384. The van der Waals surface area contributed by atoms with Gasteiger partial charge in [0.15, 0.2) is 0 Å². The van der Waals surface area contributed by atoms with E-state index in [1.807, 2.05) is 11.8 Å². The van der Waals surface area contributed by atoms with Gasteiger partial charge >= 0.3 is 11.7 Å². The lowest BCUT2D eigenvalue weighted by Gasteiger charge is -2.41. The molecule has 0 bridgehead atoms. The summed E-state index contributed by atoms with van der Waals surface area (Å²) < 4.78 is 5.17. The molecule has 182 valence electrons. The number of hydrogen-bond acceptors (Lipinski definition) is 9. The number of ether oxygens (including phenoxy) is 1. The molecule has 10 nitrogen and oxygen atoms in total. The van der Waals surface area contributed by atoms with Crippen molar-refractivity contribution in [1.82, 2.24) is 14.9 Å². The molecule has 0 spiro atoms. The molecule has 34 heavy (non-hydrogen) atoms. The fourth-order valence-electron chi connectivity index (χ4n) is 4.65. The van der Waals surface area contributed by atoms with Gasteiger partial charge in [-0.2, -0.15) is 4.98 Å². The first-order valence-corrected chi connectivity index (χ1v) is 12.0. The van der Waals surface area contributed by atoms with Crippen LogP contribution >= 0.6 is 11.6 Å². The van der Waals surface area contributed by atoms with E-state index in [0.717, 1.165) is 44.5 Å². The molecule has 1 aromatic heterocycles. The number of nitro groups is 1. The first kappa shape index (κ1) is 24.2. The van der Waals surface area contributed by atoms with Crippen LogP contribution in [0.5, 0.6) is 0 Å². The molecule has 0 radical (unpaired) electrons. The molecule has 1 aromatic carbocycles. The number of benzene rings is 1. The Hall–Kier alpha value is -2.98. The average Bonchev–Trinajstić information content (AvgIpc) is 2.85. The summed E-state index contributed by atoms with van der Waals surface area (Å²) in [5.74, 6) is 0.532. The van der Waals surface area contributed by atoms with Gasteiger partial charge in [-0.05, 0) is 70.0 Å². The van der Waals surface area contributed by atoms with Crippen LogP contribution in [-0.2, 0) is 9.53 Å². The van der Waals surface area contributed by atoms with Gasteiger partial charge in [-0.15, -0.1) is 0 Å². The quantitative estimate of drug-likeness (QED) is 0.350. The summed E-state index contributed by atoms with van der Waals surface area (Å²) in [7, 11) is 0. The lowest BCUT2D eigenvalue weighted by Crippen LogP contribution is -2.48. The van der Waals surface area contributed by atoms with Gasteiger partial charge < -0.3 is 19.9 Å². The van der Waals surface area contributed by atoms with E-state index in [2.05, 4.69) is 20.2 Å². The van der Waals surface area contributed by atoms with Crippen LogP contribution in [0.4, 0.5) is 23.1 Å². The number of carbonyl (C=O) groups excluding carboxylic acids is 1. The molecule has 2 aliphatic rings. The SMILES string of the molecule is CCOC(=O)C1CCN(C2CCN(c3nc(Nc4ccc(Cl)cc4)ncc3[N+](=O)[O-])CC2)CC1. The maximum atomic E-state index is 12.0. The summed E-state index contributed by atoms with van der Waals surface area (Å²) in [4.78, 5) is 36.2. The minimum atomic E-state index is -0.437. The zero-order chi connectivity index (χ0) is 24.1. The van der Waals surface area contributed by atoms with Crippen molar-refractivity contribution in [2.45, 2.75) is 38.6 Å². The van der Waals surface area contributed by atoms with Crippen LogP contribution in [0.25, 0.3) is 0 Å². The number of aromatic nitrogens is 2. The molecule has 1 N–H and O–H groups in total. The zero-order valence-corrected chi connectivity index (χ0v) is 19.9. The summed E-state index contributed by atoms with van der Waals surface area (Å²) in [6.07, 6.45) is 4.65. The Morgan fingerprint density at radius 3 is 2.47 bits per heavy atom. The number of nitrogens with one attached hydrogen (secondary N) is 1. The van der Waals surface area contributed by atoms with E-state index in [1.54, 1.807) is 24.3 Å². The Morgan fingerprint density at radius 2 is 1.85 bits per heavy atom. The maximum Gasteiger partial charge on any atom is 0.329 e. The van der Waals surface area contributed by atoms with Crippen LogP contribution in [0.15, 0.2) is 30.5 Å². The third-order valence-corrected chi connectivity index (χ3v) is 6.73. The molecule has 0 atom stereocenters. The first-order chi connectivity index (χ1) is 16.4. The van der Waals surface area contributed by atoms with Crippen molar-refractivity contribution in [3.63, 3.8) is 0 Å². The van der Waals surface area contributed by atoms with E-state index >= 15 is 0 Å². The lowest BCUT2D eigenvalue weighted by atomic mass is 9.93. The van der Waals surface area contributed by atoms with E-state index in [4.69, 9.17) is 16.3 Å². The van der Waals surface area contributed by atoms with E-state index in [9.17, 15) is 14.9 Å². The fraction of sp³-hybridized carbons (Fsp3) is 0.522. The van der Waals surface area contributed by atoms with Crippen molar-refractivity contribution in [2.75, 3.05) is 43.0 Å². The molecule has 2 fully saturated rings. The number of anilines is 3. The topological polar surface area (TPSA) is 114 Å². The maximum absolute atomic E-state index is 12.0. The van der Waals surface area contributed by atoms with Crippen LogP contribution < -0.4 is 10.2 Å². The Morgan fingerprint density at radius 1 is 1.18 bits per heavy atom. The van der Waals surface area contributed by atoms with Crippen LogP contribution in [-0.4, -0.2) is 64.6 Å². The van der Waals surface area contributed by atoms with Crippen molar-refractivity contribution in [3.05, 3.63) is 45.6 Å². The summed E-state index contributed by atoms with van der Waals surface area (Å²) in [5.41, 5.74) is 0.643. The van der Waals surface area contributed by atoms with Crippen LogP contribution in [0.3, 0.4) is 0 Å². The second kappa shape index (κ2) is 11.0. The summed E-state index contributed by atoms with van der Waals surface area (Å²) >= 11 is 5.93. The number of hydrogen-bond donors (Lipinski definition) is 1. The summed E-state index contributed by atoms with van der Waals surface area (Å²) in [5, 5.41) is 15.3. The van der Waals surface area contributed by atoms with Crippen molar-refractivity contribution >= 4 is 40.7 Å². The smallest absolute Gasteiger partial charge is 0.329 e. The number of halogens is 1. The molecule has 3 heterocycles. The molecule has 2 aliphatic heterocycles. The van der Waals surface area contributed by atoms with Gasteiger partial charge in [0.25, 0.3) is 0 Å². The Kier molecular flexibility index (Phi) is 7.79. The molecule has 2 saturated heterocycles. The summed E-state index contributed by atoms with van der Waals surface area (Å²) in [6, 6.07) is 7.48. The molecule has 4 rings (SSSR count). The van der Waals surface area contributed by atoms with Gasteiger partial charge in [0.05, 0.1) is 17.4 Å². The monoisotopic (exact) mass is 488 g/mol. The number of nitrogens with zero attached hydrogens (tertiary/aromatic N) is 5. The molecule has 0 unspecified atom stereocenters. The largest absolute Gasteiger partial charge is 0.466 e. The third kappa shape index (κ3) is 5.74. The predicted octanol–water partition coefficient (Wildman–Crippen LogP) is 4.03. The second-order valence-corrected chi connectivity index (χ2v) is 9.01. The van der Waals surface area contributed by atoms with Gasteiger partial charge in [-0.3, -0.25) is 14.9 Å². The number of rotatable bonds is 7. The van der Waals surface area contributed by atoms with Crippen molar-refractivity contribution < 1.29 is 14.5 Å². The third-order valence-electron chi connectivity index (χ3n) is 6.48. The summed E-state index contributed by atoms with van der Waals surface area (Å²) in [6.45, 7) is 5.33. The normalized spacial score (nSPS) is 18.0. The molecular weight excluding hydrogens is 460 g/mol.